The quantitative estimate of drug-likeness (QED) is 0.737. The van der Waals surface area contributed by atoms with Crippen molar-refractivity contribution in [2.24, 2.45) is 0 Å². The van der Waals surface area contributed by atoms with Crippen molar-refractivity contribution in [2.45, 2.75) is 26.8 Å². The summed E-state index contributed by atoms with van der Waals surface area (Å²) in [7, 11) is 1.58. The molecule has 0 saturated heterocycles. The van der Waals surface area contributed by atoms with Crippen LogP contribution in [0.1, 0.15) is 24.1 Å². The van der Waals surface area contributed by atoms with Crippen LogP contribution in [-0.4, -0.2) is 27.8 Å². The Balaban J connectivity index is 1.80. The summed E-state index contributed by atoms with van der Waals surface area (Å²) in [5.74, 6) is 0.375. The molecule has 0 aliphatic carbocycles. The molecule has 3 rings (SSSR count). The van der Waals surface area contributed by atoms with Gasteiger partial charge in [-0.15, -0.1) is 0 Å². The van der Waals surface area contributed by atoms with Crippen molar-refractivity contribution in [3.8, 4) is 17.0 Å². The third-order valence-electron chi connectivity index (χ3n) is 4.34. The number of nitrogens with zero attached hydrogens (tertiary/aromatic N) is 3. The number of benzene rings is 2. The third-order valence-corrected chi connectivity index (χ3v) is 4.34. The Morgan fingerprint density at radius 3 is 2.32 bits per heavy atom. The van der Waals surface area contributed by atoms with E-state index in [9.17, 15) is 9.59 Å². The highest BCUT2D eigenvalue weighted by Gasteiger charge is 2.19. The molecule has 0 aliphatic rings. The van der Waals surface area contributed by atoms with Gasteiger partial charge in [-0.3, -0.25) is 4.79 Å². The van der Waals surface area contributed by atoms with Crippen molar-refractivity contribution in [1.82, 2.24) is 14.8 Å². The minimum atomic E-state index is -0.800. The number of aryl methyl sites for hydroxylation is 2. The number of ether oxygens (including phenoxy) is 1. The monoisotopic (exact) mass is 378 g/mol. The molecule has 1 amide bonds. The molecule has 0 radical (unpaired) electrons. The molecule has 7 nitrogen and oxygen atoms in total. The van der Waals surface area contributed by atoms with Gasteiger partial charge in [0, 0.05) is 11.3 Å². The molecule has 7 heteroatoms. The Morgan fingerprint density at radius 1 is 1.11 bits per heavy atom. The summed E-state index contributed by atoms with van der Waals surface area (Å²) in [5.41, 5.74) is 3.37. The van der Waals surface area contributed by atoms with Crippen molar-refractivity contribution >= 4 is 11.6 Å². The Hall–Kier alpha value is -3.48. The lowest BCUT2D eigenvalue weighted by atomic mass is 10.1. The summed E-state index contributed by atoms with van der Waals surface area (Å²) < 4.78 is 6.20. The van der Waals surface area contributed by atoms with E-state index in [0.717, 1.165) is 21.4 Å². The van der Waals surface area contributed by atoms with Gasteiger partial charge in [0.05, 0.1) is 19.0 Å². The number of hydrogen-bond acceptors (Lipinski definition) is 5. The second-order valence-corrected chi connectivity index (χ2v) is 6.64. The topological polar surface area (TPSA) is 86.1 Å². The van der Waals surface area contributed by atoms with Crippen LogP contribution >= 0.6 is 0 Å². The summed E-state index contributed by atoms with van der Waals surface area (Å²) in [6.07, 6.45) is 1.48. The Bertz CT molecular complexity index is 1040. The predicted octanol–water partition coefficient (Wildman–Crippen LogP) is 3.13. The molecule has 0 bridgehead atoms. The zero-order valence-corrected chi connectivity index (χ0v) is 16.3. The number of carbonyl (C=O) groups is 1. The molecule has 28 heavy (non-hydrogen) atoms. The van der Waals surface area contributed by atoms with Gasteiger partial charge in [-0.2, -0.15) is 10.1 Å². The predicted molar refractivity (Wildman–Crippen MR) is 108 cm³/mol. The van der Waals surface area contributed by atoms with Gasteiger partial charge in [0.15, 0.2) is 0 Å². The SMILES string of the molecule is COc1ccc(-c2cnn([C@H](C)C(=O)Nc3cc(C)cc(C)c3)c(=O)n2)cc1. The van der Waals surface area contributed by atoms with E-state index >= 15 is 0 Å². The van der Waals surface area contributed by atoms with Crippen LogP contribution in [0.25, 0.3) is 11.3 Å². The third kappa shape index (κ3) is 4.25. The van der Waals surface area contributed by atoms with E-state index in [1.165, 1.54) is 6.20 Å². The number of anilines is 1. The average Bonchev–Trinajstić information content (AvgIpc) is 2.66. The van der Waals surface area contributed by atoms with E-state index in [2.05, 4.69) is 15.4 Å². The minimum absolute atomic E-state index is 0.335. The number of carbonyl (C=O) groups excluding carboxylic acids is 1. The molecular weight excluding hydrogens is 356 g/mol. The van der Waals surface area contributed by atoms with Gasteiger partial charge in [0.25, 0.3) is 0 Å². The molecule has 0 fully saturated rings. The second kappa shape index (κ2) is 8.04. The molecule has 1 heterocycles. The van der Waals surface area contributed by atoms with Crippen LogP contribution in [0.3, 0.4) is 0 Å². The van der Waals surface area contributed by atoms with Gasteiger partial charge in [-0.25, -0.2) is 9.48 Å². The molecule has 1 atom stereocenters. The summed E-state index contributed by atoms with van der Waals surface area (Å²) in [6, 6.07) is 12.1. The lowest BCUT2D eigenvalue weighted by Gasteiger charge is -2.14. The molecule has 0 aliphatic heterocycles. The number of rotatable bonds is 5. The highest BCUT2D eigenvalue weighted by Crippen LogP contribution is 2.19. The first-order valence-corrected chi connectivity index (χ1v) is 8.87. The van der Waals surface area contributed by atoms with Crippen LogP contribution in [0.2, 0.25) is 0 Å². The number of hydrogen-bond donors (Lipinski definition) is 1. The second-order valence-electron chi connectivity index (χ2n) is 6.64. The lowest BCUT2D eigenvalue weighted by Crippen LogP contribution is -2.34. The normalized spacial score (nSPS) is 11.7. The molecule has 0 saturated carbocycles. The van der Waals surface area contributed by atoms with Gasteiger partial charge in [0.2, 0.25) is 5.91 Å². The highest BCUT2D eigenvalue weighted by molar-refractivity contribution is 5.93. The molecule has 2 aromatic carbocycles. The largest absolute Gasteiger partial charge is 0.497 e. The number of methoxy groups -OCH3 is 1. The molecular formula is C21H22N4O3. The fourth-order valence-electron chi connectivity index (χ4n) is 2.92. The summed E-state index contributed by atoms with van der Waals surface area (Å²) >= 11 is 0. The van der Waals surface area contributed by atoms with E-state index in [0.29, 0.717) is 17.1 Å². The first-order chi connectivity index (χ1) is 13.4. The smallest absolute Gasteiger partial charge is 0.365 e. The standard InChI is InChI=1S/C21H22N4O3/c1-13-9-14(2)11-17(10-13)23-20(26)15(3)25-21(27)24-19(12-22-25)16-5-7-18(28-4)8-6-16/h5-12,15H,1-4H3,(H,23,26)/t15-/m1/s1. The molecule has 0 spiro atoms. The zero-order valence-electron chi connectivity index (χ0n) is 16.3. The van der Waals surface area contributed by atoms with Crippen LogP contribution in [0.4, 0.5) is 5.69 Å². The van der Waals surface area contributed by atoms with E-state index < -0.39 is 11.7 Å². The Kier molecular flexibility index (Phi) is 5.54. The lowest BCUT2D eigenvalue weighted by molar-refractivity contribution is -0.119. The van der Waals surface area contributed by atoms with E-state index in [4.69, 9.17) is 4.74 Å². The molecule has 1 N–H and O–H groups in total. The van der Waals surface area contributed by atoms with Crippen LogP contribution in [0.15, 0.2) is 53.5 Å². The minimum Gasteiger partial charge on any atom is -0.497 e. The number of amides is 1. The maximum atomic E-state index is 12.6. The fraction of sp³-hybridized carbons (Fsp3) is 0.238. The Labute approximate surface area is 163 Å². The van der Waals surface area contributed by atoms with Crippen LogP contribution in [0.5, 0.6) is 5.75 Å². The van der Waals surface area contributed by atoms with Gasteiger partial charge in [-0.05, 0) is 68.3 Å². The highest BCUT2D eigenvalue weighted by atomic mass is 16.5. The van der Waals surface area contributed by atoms with Crippen molar-refractivity contribution < 1.29 is 9.53 Å². The van der Waals surface area contributed by atoms with Crippen LogP contribution in [-0.2, 0) is 4.79 Å². The first-order valence-electron chi connectivity index (χ1n) is 8.87. The van der Waals surface area contributed by atoms with Gasteiger partial charge in [-0.1, -0.05) is 6.07 Å². The maximum absolute atomic E-state index is 12.6. The number of nitrogens with one attached hydrogen (secondary N) is 1. The summed E-state index contributed by atoms with van der Waals surface area (Å²) in [4.78, 5) is 29.1. The van der Waals surface area contributed by atoms with Crippen LogP contribution in [0, 0.1) is 13.8 Å². The van der Waals surface area contributed by atoms with Crippen molar-refractivity contribution in [3.05, 3.63) is 70.3 Å². The van der Waals surface area contributed by atoms with Gasteiger partial charge in [0.1, 0.15) is 11.8 Å². The van der Waals surface area contributed by atoms with Gasteiger partial charge >= 0.3 is 5.69 Å². The van der Waals surface area contributed by atoms with Crippen molar-refractivity contribution in [2.75, 3.05) is 12.4 Å². The Morgan fingerprint density at radius 2 is 1.75 bits per heavy atom. The molecule has 144 valence electrons. The number of aromatic nitrogens is 3. The van der Waals surface area contributed by atoms with Crippen molar-refractivity contribution in [1.29, 1.82) is 0 Å². The van der Waals surface area contributed by atoms with Crippen LogP contribution < -0.4 is 15.7 Å². The van der Waals surface area contributed by atoms with E-state index in [1.807, 2.05) is 32.0 Å². The zero-order chi connectivity index (χ0) is 20.3. The summed E-state index contributed by atoms with van der Waals surface area (Å²) in [6.45, 7) is 5.53. The fourth-order valence-corrected chi connectivity index (χ4v) is 2.92. The van der Waals surface area contributed by atoms with Crippen molar-refractivity contribution in [3.63, 3.8) is 0 Å². The molecule has 3 aromatic rings. The first kappa shape index (κ1) is 19.3. The average molecular weight is 378 g/mol. The molecule has 0 unspecified atom stereocenters. The molecule has 1 aromatic heterocycles. The van der Waals surface area contributed by atoms with E-state index in [1.54, 1.807) is 38.3 Å². The maximum Gasteiger partial charge on any atom is 0.365 e. The summed E-state index contributed by atoms with van der Waals surface area (Å²) in [5, 5.41) is 6.97. The van der Waals surface area contributed by atoms with Gasteiger partial charge < -0.3 is 10.1 Å². The van der Waals surface area contributed by atoms with E-state index in [-0.39, 0.29) is 5.91 Å².